The van der Waals surface area contributed by atoms with Gasteiger partial charge in [0.15, 0.2) is 9.84 Å². The van der Waals surface area contributed by atoms with Gasteiger partial charge in [0.2, 0.25) is 0 Å². The molecule has 0 aromatic heterocycles. The molecule has 0 spiro atoms. The maximum Gasteiger partial charge on any atom is 0.189 e. The molecule has 24 heavy (non-hydrogen) atoms. The highest BCUT2D eigenvalue weighted by Crippen LogP contribution is 2.48. The maximum atomic E-state index is 13.4. The van der Waals surface area contributed by atoms with Crippen molar-refractivity contribution in [1.29, 1.82) is 0 Å². The summed E-state index contributed by atoms with van der Waals surface area (Å²) in [5, 5.41) is -0.764. The molecule has 0 aliphatic carbocycles. The molecule has 120 valence electrons. The van der Waals surface area contributed by atoms with Crippen LogP contribution in [0.4, 0.5) is 0 Å². The summed E-state index contributed by atoms with van der Waals surface area (Å²) in [5.74, 6) is 1.20. The number of sulfone groups is 1. The van der Waals surface area contributed by atoms with Crippen LogP contribution in [-0.4, -0.2) is 8.42 Å². The van der Waals surface area contributed by atoms with E-state index in [0.717, 1.165) is 5.56 Å². The predicted molar refractivity (Wildman–Crippen MR) is 93.2 cm³/mol. The number of hydrogen-bond acceptors (Lipinski definition) is 3. The normalized spacial score (nSPS) is 16.0. The van der Waals surface area contributed by atoms with E-state index in [0.29, 0.717) is 27.5 Å². The zero-order chi connectivity index (χ0) is 16.7. The molecule has 3 aromatic rings. The largest absolute Gasteiger partial charge is 0.457 e. The number of ether oxygens (including phenoxy) is 1. The van der Waals surface area contributed by atoms with Gasteiger partial charge in [0.05, 0.1) is 4.90 Å². The summed E-state index contributed by atoms with van der Waals surface area (Å²) in [6, 6.07) is 21.6. The first-order valence-electron chi connectivity index (χ1n) is 7.73. The van der Waals surface area contributed by atoms with Crippen LogP contribution in [0.3, 0.4) is 0 Å². The van der Waals surface area contributed by atoms with Gasteiger partial charge in [0.1, 0.15) is 16.7 Å². The summed E-state index contributed by atoms with van der Waals surface area (Å²) < 4.78 is 32.7. The molecular formula is C20H16O3S. The monoisotopic (exact) mass is 336 g/mol. The van der Waals surface area contributed by atoms with Gasteiger partial charge >= 0.3 is 0 Å². The Hall–Kier alpha value is -2.59. The van der Waals surface area contributed by atoms with E-state index in [1.54, 1.807) is 24.3 Å². The predicted octanol–water partition coefficient (Wildman–Crippen LogP) is 4.66. The number of hydrogen-bond donors (Lipinski definition) is 0. The number of aryl methyl sites for hydroxylation is 1. The maximum absolute atomic E-state index is 13.4. The Morgan fingerprint density at radius 1 is 0.792 bits per heavy atom. The molecule has 0 saturated heterocycles. The number of benzene rings is 3. The third-order valence-corrected chi connectivity index (χ3v) is 6.31. The first-order valence-corrected chi connectivity index (χ1v) is 9.28. The van der Waals surface area contributed by atoms with Gasteiger partial charge in [-0.3, -0.25) is 0 Å². The van der Waals surface area contributed by atoms with E-state index in [2.05, 4.69) is 0 Å². The lowest BCUT2D eigenvalue weighted by Crippen LogP contribution is -2.19. The molecule has 1 heterocycles. The fourth-order valence-electron chi connectivity index (χ4n) is 3.12. The molecule has 0 radical (unpaired) electrons. The van der Waals surface area contributed by atoms with Crippen LogP contribution in [0, 0.1) is 6.92 Å². The van der Waals surface area contributed by atoms with Crippen LogP contribution in [-0.2, 0) is 9.84 Å². The first-order chi connectivity index (χ1) is 11.6. The lowest BCUT2D eigenvalue weighted by atomic mass is 9.98. The fraction of sp³-hybridized carbons (Fsp3) is 0.100. The van der Waals surface area contributed by atoms with E-state index in [4.69, 9.17) is 4.74 Å². The van der Waals surface area contributed by atoms with Crippen LogP contribution in [0.1, 0.15) is 21.9 Å². The SMILES string of the molecule is Cc1ccc2c(c1)C(S(=O)(=O)c1ccccc1)c1ccccc1O2. The summed E-state index contributed by atoms with van der Waals surface area (Å²) >= 11 is 0. The van der Waals surface area contributed by atoms with Gasteiger partial charge in [-0.05, 0) is 31.2 Å². The van der Waals surface area contributed by atoms with Crippen molar-refractivity contribution in [2.75, 3.05) is 0 Å². The second-order valence-corrected chi connectivity index (χ2v) is 7.95. The summed E-state index contributed by atoms with van der Waals surface area (Å²) in [6.45, 7) is 1.95. The van der Waals surface area contributed by atoms with Gasteiger partial charge in [-0.1, -0.05) is 54.1 Å². The first kappa shape index (κ1) is 15.0. The van der Waals surface area contributed by atoms with E-state index in [1.807, 2.05) is 55.5 Å². The fourth-order valence-corrected chi connectivity index (χ4v) is 4.98. The molecule has 1 aliphatic rings. The van der Waals surface area contributed by atoms with Crippen LogP contribution in [0.25, 0.3) is 0 Å². The van der Waals surface area contributed by atoms with Gasteiger partial charge < -0.3 is 4.74 Å². The molecule has 1 unspecified atom stereocenters. The highest BCUT2D eigenvalue weighted by Gasteiger charge is 2.37. The Kier molecular flexibility index (Phi) is 3.43. The van der Waals surface area contributed by atoms with E-state index in [-0.39, 0.29) is 0 Å². The zero-order valence-electron chi connectivity index (χ0n) is 13.1. The third-order valence-electron chi connectivity index (χ3n) is 4.25. The van der Waals surface area contributed by atoms with Gasteiger partial charge in [-0.2, -0.15) is 0 Å². The van der Waals surface area contributed by atoms with Crippen LogP contribution in [0.2, 0.25) is 0 Å². The Bertz CT molecular complexity index is 1010. The number of rotatable bonds is 2. The van der Waals surface area contributed by atoms with Gasteiger partial charge in [-0.25, -0.2) is 8.42 Å². The van der Waals surface area contributed by atoms with Crippen molar-refractivity contribution in [3.63, 3.8) is 0 Å². The standard InChI is InChI=1S/C20H16O3S/c1-14-11-12-19-17(13-14)20(16-9-5-6-10-18(16)23-19)24(21,22)15-7-3-2-4-8-15/h2-13,20H,1H3. The Morgan fingerprint density at radius 3 is 2.25 bits per heavy atom. The summed E-state index contributed by atoms with van der Waals surface area (Å²) in [4.78, 5) is 0.319. The van der Waals surface area contributed by atoms with E-state index < -0.39 is 15.1 Å². The molecular weight excluding hydrogens is 320 g/mol. The third kappa shape index (κ3) is 2.31. The minimum absolute atomic E-state index is 0.319. The van der Waals surface area contributed by atoms with Gasteiger partial charge in [0, 0.05) is 11.1 Å². The highest BCUT2D eigenvalue weighted by atomic mass is 32.2. The second-order valence-electron chi connectivity index (χ2n) is 5.92. The van der Waals surface area contributed by atoms with Crippen LogP contribution in [0.15, 0.2) is 77.7 Å². The molecule has 0 fully saturated rings. The Morgan fingerprint density at radius 2 is 1.46 bits per heavy atom. The number of para-hydroxylation sites is 1. The van der Waals surface area contributed by atoms with Crippen molar-refractivity contribution in [3.8, 4) is 11.5 Å². The van der Waals surface area contributed by atoms with Crippen molar-refractivity contribution in [2.45, 2.75) is 17.1 Å². The van der Waals surface area contributed by atoms with Crippen LogP contribution in [0.5, 0.6) is 11.5 Å². The van der Waals surface area contributed by atoms with Crippen molar-refractivity contribution >= 4 is 9.84 Å². The molecule has 1 atom stereocenters. The molecule has 0 N–H and O–H groups in total. The van der Waals surface area contributed by atoms with Crippen molar-refractivity contribution in [1.82, 2.24) is 0 Å². The average Bonchev–Trinajstić information content (AvgIpc) is 2.60. The minimum atomic E-state index is -3.59. The van der Waals surface area contributed by atoms with E-state index in [9.17, 15) is 8.42 Å². The van der Waals surface area contributed by atoms with Crippen LogP contribution < -0.4 is 4.74 Å². The van der Waals surface area contributed by atoms with Crippen molar-refractivity contribution in [2.24, 2.45) is 0 Å². The Labute approximate surface area is 141 Å². The highest BCUT2D eigenvalue weighted by molar-refractivity contribution is 7.92. The topological polar surface area (TPSA) is 43.4 Å². The number of fused-ring (bicyclic) bond motifs is 2. The van der Waals surface area contributed by atoms with Gasteiger partial charge in [0.25, 0.3) is 0 Å². The van der Waals surface area contributed by atoms with E-state index in [1.165, 1.54) is 0 Å². The average molecular weight is 336 g/mol. The molecule has 3 aromatic carbocycles. The van der Waals surface area contributed by atoms with E-state index >= 15 is 0 Å². The molecule has 0 saturated carbocycles. The molecule has 4 rings (SSSR count). The second kappa shape index (κ2) is 5.49. The Balaban J connectivity index is 2.00. The van der Waals surface area contributed by atoms with Crippen LogP contribution >= 0.6 is 0 Å². The molecule has 0 bridgehead atoms. The summed E-state index contributed by atoms with van der Waals surface area (Å²) in [7, 11) is -3.59. The lowest BCUT2D eigenvalue weighted by Gasteiger charge is -2.28. The summed E-state index contributed by atoms with van der Waals surface area (Å²) in [5.41, 5.74) is 2.38. The quantitative estimate of drug-likeness (QED) is 0.683. The summed E-state index contributed by atoms with van der Waals surface area (Å²) in [6.07, 6.45) is 0. The molecule has 1 aliphatic heterocycles. The van der Waals surface area contributed by atoms with Gasteiger partial charge in [-0.15, -0.1) is 0 Å². The molecule has 0 amide bonds. The molecule has 4 heteroatoms. The van der Waals surface area contributed by atoms with Crippen molar-refractivity contribution < 1.29 is 13.2 Å². The molecule has 3 nitrogen and oxygen atoms in total. The van der Waals surface area contributed by atoms with Crippen molar-refractivity contribution in [3.05, 3.63) is 89.5 Å². The zero-order valence-corrected chi connectivity index (χ0v) is 14.0. The smallest absolute Gasteiger partial charge is 0.189 e. The minimum Gasteiger partial charge on any atom is -0.457 e. The lowest BCUT2D eigenvalue weighted by molar-refractivity contribution is 0.455.